The number of rotatable bonds is 2. The van der Waals surface area contributed by atoms with Crippen LogP contribution in [0.1, 0.15) is 30.3 Å². The minimum absolute atomic E-state index is 0.0602. The number of hydrogen-bond acceptors (Lipinski definition) is 4. The molecule has 2 N–H and O–H groups in total. The van der Waals surface area contributed by atoms with Crippen LogP contribution in [0.25, 0.3) is 0 Å². The number of amides is 1. The molecule has 3 heterocycles. The van der Waals surface area contributed by atoms with Crippen LogP contribution in [0.4, 0.5) is 0 Å². The molecule has 23 heavy (non-hydrogen) atoms. The van der Waals surface area contributed by atoms with Gasteiger partial charge in [0, 0.05) is 32.3 Å². The van der Waals surface area contributed by atoms with Gasteiger partial charge in [0.15, 0.2) is 0 Å². The number of aromatic nitrogens is 1. The van der Waals surface area contributed by atoms with Gasteiger partial charge in [0.2, 0.25) is 0 Å². The highest BCUT2D eigenvalue weighted by Gasteiger charge is 2.43. The zero-order chi connectivity index (χ0) is 16.6. The summed E-state index contributed by atoms with van der Waals surface area (Å²) in [6.45, 7) is 3.72. The molecule has 1 aromatic rings. The molecule has 2 saturated heterocycles. The molecule has 2 aliphatic rings. The molecule has 0 spiro atoms. The van der Waals surface area contributed by atoms with Gasteiger partial charge in [-0.1, -0.05) is 0 Å². The molecule has 1 amide bonds. The smallest absolute Gasteiger partial charge is 0.270 e. The SMILES string of the molecule is CN[C@@H]1CO[C@@H]2CCN(C(=O)c3cccn3C)C[C@@H]2C[C@@]1(C)O. The number of carbonyl (C=O) groups excluding carboxylic acids is 1. The Morgan fingerprint density at radius 3 is 2.96 bits per heavy atom. The average Bonchev–Trinajstić information content (AvgIpc) is 2.88. The number of piperidine rings is 1. The number of likely N-dealkylation sites (N-methyl/N-ethyl adjacent to an activating group) is 1. The van der Waals surface area contributed by atoms with Gasteiger partial charge in [0.05, 0.1) is 24.4 Å². The second-order valence-electron chi connectivity index (χ2n) is 7.08. The minimum atomic E-state index is -0.828. The van der Waals surface area contributed by atoms with Crippen LogP contribution in [-0.2, 0) is 11.8 Å². The van der Waals surface area contributed by atoms with Crippen molar-refractivity contribution < 1.29 is 14.6 Å². The Kier molecular flexibility index (Phi) is 4.49. The maximum atomic E-state index is 12.7. The molecule has 0 aromatic carbocycles. The van der Waals surface area contributed by atoms with Crippen LogP contribution in [0.3, 0.4) is 0 Å². The summed E-state index contributed by atoms with van der Waals surface area (Å²) < 4.78 is 7.88. The fourth-order valence-electron chi connectivity index (χ4n) is 3.92. The van der Waals surface area contributed by atoms with Crippen LogP contribution in [0.15, 0.2) is 18.3 Å². The lowest BCUT2D eigenvalue weighted by Crippen LogP contribution is -2.51. The van der Waals surface area contributed by atoms with Gasteiger partial charge in [-0.15, -0.1) is 0 Å². The molecular weight excluding hydrogens is 294 g/mol. The van der Waals surface area contributed by atoms with E-state index in [0.29, 0.717) is 31.8 Å². The maximum absolute atomic E-state index is 12.7. The van der Waals surface area contributed by atoms with Gasteiger partial charge in [0.1, 0.15) is 5.69 Å². The quantitative estimate of drug-likeness (QED) is 0.838. The summed E-state index contributed by atoms with van der Waals surface area (Å²) in [5, 5.41) is 13.9. The Morgan fingerprint density at radius 2 is 2.30 bits per heavy atom. The van der Waals surface area contributed by atoms with E-state index < -0.39 is 5.60 Å². The Bertz CT molecular complexity index is 569. The highest BCUT2D eigenvalue weighted by molar-refractivity contribution is 5.92. The van der Waals surface area contributed by atoms with Crippen molar-refractivity contribution in [3.05, 3.63) is 24.0 Å². The van der Waals surface area contributed by atoms with E-state index >= 15 is 0 Å². The number of ether oxygens (including phenoxy) is 1. The highest BCUT2D eigenvalue weighted by Crippen LogP contribution is 2.33. The Morgan fingerprint density at radius 1 is 1.52 bits per heavy atom. The summed E-state index contributed by atoms with van der Waals surface area (Å²) in [6, 6.07) is 3.66. The molecule has 2 aliphatic heterocycles. The van der Waals surface area contributed by atoms with Crippen LogP contribution >= 0.6 is 0 Å². The summed E-state index contributed by atoms with van der Waals surface area (Å²) in [7, 11) is 3.74. The standard InChI is InChI=1S/C17H27N3O3/c1-17(22)9-12-10-20(16(21)13-5-4-7-19(13)3)8-6-14(12)23-11-15(17)18-2/h4-5,7,12,14-15,18,22H,6,8-11H2,1-3H3/t12-,14+,15+,17+/m0/s1. The highest BCUT2D eigenvalue weighted by atomic mass is 16.5. The molecule has 2 fully saturated rings. The monoisotopic (exact) mass is 321 g/mol. The Labute approximate surface area is 137 Å². The Balaban J connectivity index is 1.74. The summed E-state index contributed by atoms with van der Waals surface area (Å²) in [5.74, 6) is 0.228. The third-order valence-electron chi connectivity index (χ3n) is 5.37. The molecule has 0 aliphatic carbocycles. The van der Waals surface area contributed by atoms with E-state index in [0.717, 1.165) is 6.42 Å². The van der Waals surface area contributed by atoms with E-state index in [2.05, 4.69) is 5.32 Å². The first-order valence-electron chi connectivity index (χ1n) is 8.34. The van der Waals surface area contributed by atoms with E-state index in [1.54, 1.807) is 0 Å². The van der Waals surface area contributed by atoms with E-state index in [9.17, 15) is 9.90 Å². The number of hydrogen-bond donors (Lipinski definition) is 2. The van der Waals surface area contributed by atoms with Crippen molar-refractivity contribution in [1.82, 2.24) is 14.8 Å². The molecule has 128 valence electrons. The first-order chi connectivity index (χ1) is 10.9. The van der Waals surface area contributed by atoms with Crippen LogP contribution in [0, 0.1) is 5.92 Å². The topological polar surface area (TPSA) is 66.7 Å². The molecule has 0 unspecified atom stereocenters. The van der Waals surface area contributed by atoms with Gasteiger partial charge in [0.25, 0.3) is 5.91 Å². The lowest BCUT2D eigenvalue weighted by Gasteiger charge is -2.39. The normalized spacial score (nSPS) is 34.8. The van der Waals surface area contributed by atoms with E-state index in [1.807, 2.05) is 48.8 Å². The zero-order valence-corrected chi connectivity index (χ0v) is 14.2. The van der Waals surface area contributed by atoms with E-state index in [-0.39, 0.29) is 24.0 Å². The van der Waals surface area contributed by atoms with Gasteiger partial charge in [-0.25, -0.2) is 0 Å². The van der Waals surface area contributed by atoms with E-state index in [1.165, 1.54) is 0 Å². The van der Waals surface area contributed by atoms with Crippen molar-refractivity contribution in [2.24, 2.45) is 13.0 Å². The van der Waals surface area contributed by atoms with Crippen molar-refractivity contribution in [3.8, 4) is 0 Å². The van der Waals surface area contributed by atoms with Gasteiger partial charge >= 0.3 is 0 Å². The van der Waals surface area contributed by atoms with Crippen LogP contribution < -0.4 is 5.32 Å². The van der Waals surface area contributed by atoms with Gasteiger partial charge in [-0.05, 0) is 38.9 Å². The van der Waals surface area contributed by atoms with Gasteiger partial charge in [-0.3, -0.25) is 4.79 Å². The van der Waals surface area contributed by atoms with Crippen molar-refractivity contribution in [2.75, 3.05) is 26.7 Å². The first kappa shape index (κ1) is 16.5. The summed E-state index contributed by atoms with van der Waals surface area (Å²) in [4.78, 5) is 14.6. The first-order valence-corrected chi connectivity index (χ1v) is 8.34. The fourth-order valence-corrected chi connectivity index (χ4v) is 3.92. The second-order valence-corrected chi connectivity index (χ2v) is 7.08. The fraction of sp³-hybridized carbons (Fsp3) is 0.706. The number of fused-ring (bicyclic) bond motifs is 1. The zero-order valence-electron chi connectivity index (χ0n) is 14.2. The van der Waals surface area contributed by atoms with Crippen molar-refractivity contribution in [2.45, 2.75) is 37.5 Å². The van der Waals surface area contributed by atoms with Crippen molar-refractivity contribution in [1.29, 1.82) is 0 Å². The predicted molar refractivity (Wildman–Crippen MR) is 87.3 cm³/mol. The molecule has 3 rings (SSSR count). The summed E-state index contributed by atoms with van der Waals surface area (Å²) >= 11 is 0. The minimum Gasteiger partial charge on any atom is -0.388 e. The molecule has 4 atom stereocenters. The summed E-state index contributed by atoms with van der Waals surface area (Å²) in [5.41, 5.74) is -0.122. The number of aryl methyl sites for hydroxylation is 1. The van der Waals surface area contributed by atoms with Crippen molar-refractivity contribution in [3.63, 3.8) is 0 Å². The number of nitrogens with one attached hydrogen (secondary N) is 1. The molecule has 6 heteroatoms. The average molecular weight is 321 g/mol. The third kappa shape index (κ3) is 3.16. The summed E-state index contributed by atoms with van der Waals surface area (Å²) in [6.07, 6.45) is 3.47. The number of aliphatic hydroxyl groups is 1. The lowest BCUT2D eigenvalue weighted by atomic mass is 9.82. The number of likely N-dealkylation sites (tertiary alicyclic amines) is 1. The second kappa shape index (κ2) is 6.26. The largest absolute Gasteiger partial charge is 0.388 e. The molecular formula is C17H27N3O3. The van der Waals surface area contributed by atoms with E-state index in [4.69, 9.17) is 4.74 Å². The lowest BCUT2D eigenvalue weighted by molar-refractivity contribution is -0.0219. The Hall–Kier alpha value is -1.37. The number of nitrogens with zero attached hydrogens (tertiary/aromatic N) is 2. The number of carbonyl (C=O) groups is 1. The third-order valence-corrected chi connectivity index (χ3v) is 5.37. The van der Waals surface area contributed by atoms with Gasteiger partial charge in [-0.2, -0.15) is 0 Å². The predicted octanol–water partition coefficient (Wildman–Crippen LogP) is 0.615. The van der Waals surface area contributed by atoms with Gasteiger partial charge < -0.3 is 24.6 Å². The molecule has 6 nitrogen and oxygen atoms in total. The van der Waals surface area contributed by atoms with Crippen LogP contribution in [-0.4, -0.2) is 65.0 Å². The molecule has 0 saturated carbocycles. The van der Waals surface area contributed by atoms with Crippen LogP contribution in [0.2, 0.25) is 0 Å². The van der Waals surface area contributed by atoms with Crippen molar-refractivity contribution >= 4 is 5.91 Å². The molecule has 0 bridgehead atoms. The maximum Gasteiger partial charge on any atom is 0.270 e. The van der Waals surface area contributed by atoms with Crippen LogP contribution in [0.5, 0.6) is 0 Å². The molecule has 1 aromatic heterocycles. The molecule has 0 radical (unpaired) electrons.